The number of carbonyl (C=O) groups is 1. The lowest BCUT2D eigenvalue weighted by atomic mass is 10.1. The smallest absolute Gasteiger partial charge is 0.274 e. The predicted octanol–water partition coefficient (Wildman–Crippen LogP) is 2.37. The molecule has 0 spiro atoms. The van der Waals surface area contributed by atoms with Gasteiger partial charge in [0.15, 0.2) is 5.69 Å². The average Bonchev–Trinajstić information content (AvgIpc) is 3.35. The van der Waals surface area contributed by atoms with Crippen molar-refractivity contribution in [3.63, 3.8) is 0 Å². The molecule has 2 aliphatic rings. The number of aromatic nitrogens is 3. The topological polar surface area (TPSA) is 84.3 Å². The summed E-state index contributed by atoms with van der Waals surface area (Å²) >= 11 is 0. The van der Waals surface area contributed by atoms with Crippen molar-refractivity contribution in [2.45, 2.75) is 38.3 Å². The maximum absolute atomic E-state index is 12.8. The lowest BCUT2D eigenvalue weighted by Crippen LogP contribution is -2.37. The summed E-state index contributed by atoms with van der Waals surface area (Å²) in [7, 11) is 1.68. The molecule has 2 saturated heterocycles. The zero-order valence-corrected chi connectivity index (χ0v) is 19.0. The second kappa shape index (κ2) is 10.8. The molecule has 0 aliphatic carbocycles. The van der Waals surface area contributed by atoms with E-state index in [2.05, 4.69) is 31.9 Å². The van der Waals surface area contributed by atoms with E-state index in [-0.39, 0.29) is 36.8 Å². The van der Waals surface area contributed by atoms with Gasteiger partial charge in [0, 0.05) is 19.1 Å². The summed E-state index contributed by atoms with van der Waals surface area (Å²) in [4.78, 5) is 15.1. The molecule has 2 fully saturated rings. The van der Waals surface area contributed by atoms with Crippen molar-refractivity contribution < 1.29 is 9.53 Å². The van der Waals surface area contributed by atoms with Gasteiger partial charge in [-0.1, -0.05) is 17.3 Å². The summed E-state index contributed by atoms with van der Waals surface area (Å²) in [6, 6.07) is 8.39. The van der Waals surface area contributed by atoms with Crippen molar-refractivity contribution in [3.8, 4) is 5.75 Å². The minimum absolute atomic E-state index is 0. The highest BCUT2D eigenvalue weighted by Crippen LogP contribution is 2.30. The number of hydrogen-bond acceptors (Lipinski definition) is 6. The molecule has 1 amide bonds. The van der Waals surface area contributed by atoms with E-state index < -0.39 is 0 Å². The van der Waals surface area contributed by atoms with E-state index in [0.29, 0.717) is 11.7 Å². The predicted molar refractivity (Wildman–Crippen MR) is 121 cm³/mol. The third kappa shape index (κ3) is 4.99. The van der Waals surface area contributed by atoms with Gasteiger partial charge in [0.25, 0.3) is 5.91 Å². The Labute approximate surface area is 189 Å². The fourth-order valence-electron chi connectivity index (χ4n) is 4.19. The number of halogens is 2. The maximum Gasteiger partial charge on any atom is 0.274 e. The minimum Gasteiger partial charge on any atom is -0.495 e. The molecular weight excluding hydrogens is 427 g/mol. The van der Waals surface area contributed by atoms with E-state index in [9.17, 15) is 4.79 Å². The van der Waals surface area contributed by atoms with Gasteiger partial charge in [0.2, 0.25) is 0 Å². The second-order valence-electron chi connectivity index (χ2n) is 7.53. The quantitative estimate of drug-likeness (QED) is 0.718. The van der Waals surface area contributed by atoms with E-state index in [4.69, 9.17) is 4.74 Å². The van der Waals surface area contributed by atoms with E-state index in [1.165, 1.54) is 0 Å². The molecule has 1 aromatic carbocycles. The van der Waals surface area contributed by atoms with Gasteiger partial charge in [-0.2, -0.15) is 0 Å². The summed E-state index contributed by atoms with van der Waals surface area (Å²) in [5.74, 6) is 0.722. The number of amides is 1. The molecule has 4 rings (SSSR count). The molecule has 30 heavy (non-hydrogen) atoms. The van der Waals surface area contributed by atoms with Crippen LogP contribution in [0, 0.1) is 6.92 Å². The average molecular weight is 457 g/mol. The Bertz CT molecular complexity index is 840. The second-order valence-corrected chi connectivity index (χ2v) is 7.53. The van der Waals surface area contributed by atoms with Gasteiger partial charge in [-0.15, -0.1) is 29.9 Å². The van der Waals surface area contributed by atoms with Gasteiger partial charge >= 0.3 is 0 Å². The third-order valence-corrected chi connectivity index (χ3v) is 5.75. The van der Waals surface area contributed by atoms with E-state index in [1.807, 2.05) is 29.8 Å². The Morgan fingerprint density at radius 2 is 1.93 bits per heavy atom. The van der Waals surface area contributed by atoms with Crippen LogP contribution in [0.1, 0.15) is 41.5 Å². The molecule has 2 N–H and O–H groups in total. The van der Waals surface area contributed by atoms with E-state index in [0.717, 1.165) is 62.6 Å². The van der Waals surface area contributed by atoms with Crippen LogP contribution in [0.2, 0.25) is 0 Å². The molecule has 0 bridgehead atoms. The van der Waals surface area contributed by atoms with Crippen LogP contribution >= 0.6 is 24.8 Å². The van der Waals surface area contributed by atoms with Crippen LogP contribution in [-0.4, -0.2) is 60.2 Å². The summed E-state index contributed by atoms with van der Waals surface area (Å²) in [6.07, 6.45) is 2.93. The van der Waals surface area contributed by atoms with Crippen LogP contribution in [0.3, 0.4) is 0 Å². The Hall–Kier alpha value is -2.03. The number of para-hydroxylation sites is 2. The molecule has 1 aromatic heterocycles. The number of carbonyl (C=O) groups excluding carboxylic acids is 1. The number of methoxy groups -OCH3 is 1. The van der Waals surface area contributed by atoms with E-state index in [1.54, 1.807) is 7.11 Å². The number of nitrogens with one attached hydrogen (secondary N) is 2. The molecule has 3 heterocycles. The number of anilines is 1. The molecule has 1 atom stereocenters. The van der Waals surface area contributed by atoms with Crippen molar-refractivity contribution in [2.24, 2.45) is 0 Å². The van der Waals surface area contributed by atoms with Crippen molar-refractivity contribution >= 4 is 36.4 Å². The van der Waals surface area contributed by atoms with Crippen LogP contribution in [0.15, 0.2) is 24.3 Å². The van der Waals surface area contributed by atoms with Gasteiger partial charge in [-0.25, -0.2) is 4.68 Å². The standard InChI is InChI=1S/C20H28N6O2.2ClH/c1-14-19(23-24-26(14)16-7-10-21-11-8-16)20(27)22-15-9-12-25(13-15)17-5-3-4-6-18(17)28-2;;/h3-6,15-16,21H,7-13H2,1-2H3,(H,22,27);2*1H. The Kier molecular flexibility index (Phi) is 8.76. The zero-order valence-electron chi connectivity index (χ0n) is 17.3. The number of hydrogen-bond donors (Lipinski definition) is 2. The Morgan fingerprint density at radius 1 is 1.20 bits per heavy atom. The van der Waals surface area contributed by atoms with Crippen molar-refractivity contribution in [1.29, 1.82) is 0 Å². The molecule has 2 aromatic rings. The van der Waals surface area contributed by atoms with Crippen LogP contribution in [0.5, 0.6) is 5.75 Å². The normalized spacial score (nSPS) is 19.0. The first-order chi connectivity index (χ1) is 13.7. The molecule has 8 nitrogen and oxygen atoms in total. The lowest BCUT2D eigenvalue weighted by Gasteiger charge is -2.23. The molecule has 0 saturated carbocycles. The summed E-state index contributed by atoms with van der Waals surface area (Å²) in [5, 5.41) is 14.9. The highest BCUT2D eigenvalue weighted by molar-refractivity contribution is 5.93. The third-order valence-electron chi connectivity index (χ3n) is 5.75. The molecule has 10 heteroatoms. The largest absolute Gasteiger partial charge is 0.495 e. The molecule has 166 valence electrons. The summed E-state index contributed by atoms with van der Waals surface area (Å²) in [5.41, 5.74) is 2.35. The van der Waals surface area contributed by atoms with Gasteiger partial charge in [-0.3, -0.25) is 4.79 Å². The van der Waals surface area contributed by atoms with Crippen molar-refractivity contribution in [3.05, 3.63) is 35.7 Å². The first kappa shape index (κ1) is 24.2. The van der Waals surface area contributed by atoms with E-state index >= 15 is 0 Å². The summed E-state index contributed by atoms with van der Waals surface area (Å²) < 4.78 is 7.39. The highest BCUT2D eigenvalue weighted by atomic mass is 35.5. The molecular formula is C20H30Cl2N6O2. The fraction of sp³-hybridized carbons (Fsp3) is 0.550. The number of rotatable bonds is 5. The molecule has 0 radical (unpaired) electrons. The SMILES string of the molecule is COc1ccccc1N1CCC(NC(=O)c2nnn(C3CCNCC3)c2C)C1.Cl.Cl. The lowest BCUT2D eigenvalue weighted by molar-refractivity contribution is 0.0934. The minimum atomic E-state index is -0.135. The van der Waals surface area contributed by atoms with Gasteiger partial charge < -0.3 is 20.3 Å². The van der Waals surface area contributed by atoms with Crippen molar-refractivity contribution in [1.82, 2.24) is 25.6 Å². The van der Waals surface area contributed by atoms with Crippen LogP contribution in [-0.2, 0) is 0 Å². The number of piperidine rings is 1. The van der Waals surface area contributed by atoms with Gasteiger partial charge in [0.1, 0.15) is 5.75 Å². The van der Waals surface area contributed by atoms with Crippen LogP contribution < -0.4 is 20.3 Å². The number of nitrogens with zero attached hydrogens (tertiary/aromatic N) is 4. The van der Waals surface area contributed by atoms with Gasteiger partial charge in [0.05, 0.1) is 24.5 Å². The molecule has 2 aliphatic heterocycles. The summed E-state index contributed by atoms with van der Waals surface area (Å²) in [6.45, 7) is 5.53. The first-order valence-corrected chi connectivity index (χ1v) is 9.98. The Balaban J connectivity index is 0.00000160. The number of benzene rings is 1. The molecule has 1 unspecified atom stereocenters. The number of ether oxygens (including phenoxy) is 1. The van der Waals surface area contributed by atoms with Crippen LogP contribution in [0.4, 0.5) is 5.69 Å². The zero-order chi connectivity index (χ0) is 19.5. The fourth-order valence-corrected chi connectivity index (χ4v) is 4.19. The first-order valence-electron chi connectivity index (χ1n) is 9.98. The van der Waals surface area contributed by atoms with Gasteiger partial charge in [-0.05, 0) is 51.4 Å². The Morgan fingerprint density at radius 3 is 2.67 bits per heavy atom. The maximum atomic E-state index is 12.8. The van der Waals surface area contributed by atoms with Crippen LogP contribution in [0.25, 0.3) is 0 Å². The van der Waals surface area contributed by atoms with Crippen molar-refractivity contribution in [2.75, 3.05) is 38.2 Å². The monoisotopic (exact) mass is 456 g/mol. The highest BCUT2D eigenvalue weighted by Gasteiger charge is 2.28.